The van der Waals surface area contributed by atoms with Crippen molar-refractivity contribution in [3.63, 3.8) is 0 Å². The highest BCUT2D eigenvalue weighted by Crippen LogP contribution is 2.27. The summed E-state index contributed by atoms with van der Waals surface area (Å²) in [6, 6.07) is 4.78. The summed E-state index contributed by atoms with van der Waals surface area (Å²) < 4.78 is 15.1. The van der Waals surface area contributed by atoms with Crippen LogP contribution in [0.2, 0.25) is 10.0 Å². The van der Waals surface area contributed by atoms with E-state index in [2.05, 4.69) is 5.32 Å². The lowest BCUT2D eigenvalue weighted by atomic mass is 10.3. The smallest absolute Gasteiger partial charge is 0.258 e. The highest BCUT2D eigenvalue weighted by Gasteiger charge is 2.09. The predicted octanol–water partition coefficient (Wildman–Crippen LogP) is 2.11. The van der Waals surface area contributed by atoms with Crippen LogP contribution in [0.3, 0.4) is 0 Å². The molecule has 7 heteroatoms. The molecule has 0 fully saturated rings. The molecule has 0 saturated heterocycles. The van der Waals surface area contributed by atoms with Gasteiger partial charge in [0.2, 0.25) is 0 Å². The van der Waals surface area contributed by atoms with Gasteiger partial charge in [-0.2, -0.15) is 0 Å². The number of nitrogens with one attached hydrogen (secondary N) is 1. The lowest BCUT2D eigenvalue weighted by molar-refractivity contribution is -0.129. The molecule has 1 N–H and O–H groups in total. The molecule has 0 saturated carbocycles. The van der Waals surface area contributed by atoms with E-state index in [1.165, 1.54) is 14.2 Å². The van der Waals surface area contributed by atoms with Crippen LogP contribution in [-0.4, -0.2) is 39.6 Å². The molecule has 0 atom stereocenters. The quantitative estimate of drug-likeness (QED) is 0.784. The summed E-state index contributed by atoms with van der Waals surface area (Å²) in [7, 11) is 2.98. The topological polar surface area (TPSA) is 56.8 Å². The second kappa shape index (κ2) is 8.22. The summed E-state index contributed by atoms with van der Waals surface area (Å²) in [4.78, 5) is 11.5. The maximum Gasteiger partial charge on any atom is 0.258 e. The first-order chi connectivity index (χ1) is 9.06. The zero-order chi connectivity index (χ0) is 14.3. The minimum absolute atomic E-state index is 0.151. The maximum absolute atomic E-state index is 11.5. The zero-order valence-corrected chi connectivity index (χ0v) is 12.1. The number of hydrogen-bond donors (Lipinski definition) is 1. The average Bonchev–Trinajstić information content (AvgIpc) is 2.39. The Morgan fingerprint density at radius 3 is 2.58 bits per heavy atom. The number of ether oxygens (including phenoxy) is 3. The van der Waals surface area contributed by atoms with Crippen LogP contribution in [0, 0.1) is 0 Å². The molecular weight excluding hydrogens is 293 g/mol. The summed E-state index contributed by atoms with van der Waals surface area (Å²) in [5.74, 6) is 0.0985. The molecule has 0 radical (unpaired) electrons. The Hall–Kier alpha value is -1.01. The van der Waals surface area contributed by atoms with E-state index in [0.717, 1.165) is 0 Å². The van der Waals surface area contributed by atoms with Crippen LogP contribution in [0.15, 0.2) is 18.2 Å². The SMILES string of the molecule is COC(CNC(=O)COc1ccc(Cl)cc1Cl)OC. The van der Waals surface area contributed by atoms with Crippen molar-refractivity contribution in [2.24, 2.45) is 0 Å². The standard InChI is InChI=1S/C12H15Cl2NO4/c1-17-12(18-2)6-15-11(16)7-19-10-4-3-8(13)5-9(10)14/h3-5,12H,6-7H2,1-2H3,(H,15,16). The van der Waals surface area contributed by atoms with E-state index in [4.69, 9.17) is 37.4 Å². The minimum Gasteiger partial charge on any atom is -0.482 e. The van der Waals surface area contributed by atoms with Gasteiger partial charge in [-0.15, -0.1) is 0 Å². The van der Waals surface area contributed by atoms with Gasteiger partial charge in [0.15, 0.2) is 12.9 Å². The van der Waals surface area contributed by atoms with E-state index in [-0.39, 0.29) is 19.1 Å². The molecule has 1 amide bonds. The van der Waals surface area contributed by atoms with Gasteiger partial charge in [-0.3, -0.25) is 4.79 Å². The second-order valence-electron chi connectivity index (χ2n) is 3.57. The van der Waals surface area contributed by atoms with E-state index in [1.807, 2.05) is 0 Å². The first-order valence-corrected chi connectivity index (χ1v) is 6.22. The average molecular weight is 308 g/mol. The third-order valence-corrected chi connectivity index (χ3v) is 2.77. The highest BCUT2D eigenvalue weighted by atomic mass is 35.5. The molecule has 19 heavy (non-hydrogen) atoms. The molecule has 0 heterocycles. The number of benzene rings is 1. The Balaban J connectivity index is 2.37. The normalized spacial score (nSPS) is 10.6. The van der Waals surface area contributed by atoms with Crippen molar-refractivity contribution in [2.75, 3.05) is 27.4 Å². The molecule has 0 spiro atoms. The largest absolute Gasteiger partial charge is 0.482 e. The molecule has 1 aromatic rings. The number of carbonyl (C=O) groups excluding carboxylic acids is 1. The van der Waals surface area contributed by atoms with Crippen LogP contribution < -0.4 is 10.1 Å². The Morgan fingerprint density at radius 1 is 1.32 bits per heavy atom. The highest BCUT2D eigenvalue weighted by molar-refractivity contribution is 6.35. The fraction of sp³-hybridized carbons (Fsp3) is 0.417. The first-order valence-electron chi connectivity index (χ1n) is 5.47. The minimum atomic E-state index is -0.483. The first kappa shape index (κ1) is 16.0. The van der Waals surface area contributed by atoms with Gasteiger partial charge in [0.05, 0.1) is 11.6 Å². The Bertz CT molecular complexity index is 424. The van der Waals surface area contributed by atoms with Gasteiger partial charge in [0.25, 0.3) is 5.91 Å². The molecule has 106 valence electrons. The molecule has 0 aliphatic carbocycles. The number of rotatable bonds is 7. The lowest BCUT2D eigenvalue weighted by Gasteiger charge is -2.14. The van der Waals surface area contributed by atoms with E-state index < -0.39 is 6.29 Å². The van der Waals surface area contributed by atoms with E-state index in [9.17, 15) is 4.79 Å². The summed E-state index contributed by atoms with van der Waals surface area (Å²) in [6.45, 7) is 0.0883. The molecule has 0 aliphatic rings. The van der Waals surface area contributed by atoms with Crippen molar-refractivity contribution in [1.82, 2.24) is 5.32 Å². The van der Waals surface area contributed by atoms with E-state index in [1.54, 1.807) is 18.2 Å². The zero-order valence-electron chi connectivity index (χ0n) is 10.6. The molecule has 5 nitrogen and oxygen atoms in total. The third-order valence-electron chi connectivity index (χ3n) is 2.24. The molecule has 1 rings (SSSR count). The Labute approximate surface area is 121 Å². The molecule has 0 aliphatic heterocycles. The number of hydrogen-bond acceptors (Lipinski definition) is 4. The molecule has 1 aromatic carbocycles. The van der Waals surface area contributed by atoms with Gasteiger partial charge < -0.3 is 19.5 Å². The van der Waals surface area contributed by atoms with Gasteiger partial charge in [0.1, 0.15) is 5.75 Å². The summed E-state index contributed by atoms with van der Waals surface area (Å²) in [6.07, 6.45) is -0.483. The number of halogens is 2. The van der Waals surface area contributed by atoms with Crippen molar-refractivity contribution in [1.29, 1.82) is 0 Å². The van der Waals surface area contributed by atoms with Crippen molar-refractivity contribution in [3.05, 3.63) is 28.2 Å². The van der Waals surface area contributed by atoms with Gasteiger partial charge in [0, 0.05) is 19.2 Å². The van der Waals surface area contributed by atoms with Gasteiger partial charge in [-0.1, -0.05) is 23.2 Å². The second-order valence-corrected chi connectivity index (χ2v) is 4.41. The molecule has 0 bridgehead atoms. The molecule has 0 aromatic heterocycles. The third kappa shape index (κ3) is 5.65. The van der Waals surface area contributed by atoms with Crippen molar-refractivity contribution in [3.8, 4) is 5.75 Å². The molecule has 0 unspecified atom stereocenters. The number of methoxy groups -OCH3 is 2. The van der Waals surface area contributed by atoms with Crippen molar-refractivity contribution >= 4 is 29.1 Å². The fourth-order valence-electron chi connectivity index (χ4n) is 1.25. The van der Waals surface area contributed by atoms with Crippen molar-refractivity contribution in [2.45, 2.75) is 6.29 Å². The summed E-state index contributed by atoms with van der Waals surface area (Å²) in [5.41, 5.74) is 0. The summed E-state index contributed by atoms with van der Waals surface area (Å²) >= 11 is 11.7. The number of amides is 1. The van der Waals surface area contributed by atoms with Gasteiger partial charge in [-0.25, -0.2) is 0 Å². The monoisotopic (exact) mass is 307 g/mol. The van der Waals surface area contributed by atoms with Crippen LogP contribution >= 0.6 is 23.2 Å². The van der Waals surface area contributed by atoms with Crippen LogP contribution in [0.25, 0.3) is 0 Å². The maximum atomic E-state index is 11.5. The van der Waals surface area contributed by atoms with Crippen molar-refractivity contribution < 1.29 is 19.0 Å². The van der Waals surface area contributed by atoms with Crippen LogP contribution in [0.1, 0.15) is 0 Å². The Kier molecular flexibility index (Phi) is 6.94. The van der Waals surface area contributed by atoms with Crippen LogP contribution in [0.5, 0.6) is 5.75 Å². The number of carbonyl (C=O) groups is 1. The van der Waals surface area contributed by atoms with Crippen LogP contribution in [0.4, 0.5) is 0 Å². The van der Waals surface area contributed by atoms with Crippen LogP contribution in [-0.2, 0) is 14.3 Å². The fourth-order valence-corrected chi connectivity index (χ4v) is 1.71. The van der Waals surface area contributed by atoms with Gasteiger partial charge in [-0.05, 0) is 18.2 Å². The predicted molar refractivity (Wildman–Crippen MR) is 72.8 cm³/mol. The van der Waals surface area contributed by atoms with E-state index in [0.29, 0.717) is 15.8 Å². The lowest BCUT2D eigenvalue weighted by Crippen LogP contribution is -2.36. The van der Waals surface area contributed by atoms with E-state index >= 15 is 0 Å². The Morgan fingerprint density at radius 2 is 2.00 bits per heavy atom. The van der Waals surface area contributed by atoms with Gasteiger partial charge >= 0.3 is 0 Å². The summed E-state index contributed by atoms with van der Waals surface area (Å²) in [5, 5.41) is 3.46. The molecular formula is C12H15Cl2NO4.